The zero-order valence-electron chi connectivity index (χ0n) is 10.2. The van der Waals surface area contributed by atoms with Crippen LogP contribution in [0.5, 0.6) is 0 Å². The lowest BCUT2D eigenvalue weighted by atomic mass is 10.2. The fourth-order valence-electron chi connectivity index (χ4n) is 1.56. The molecule has 2 aromatic rings. The minimum absolute atomic E-state index is 0.390. The fraction of sp³-hybridized carbons (Fsp3) is 0.167. The van der Waals surface area contributed by atoms with Crippen molar-refractivity contribution in [2.24, 2.45) is 5.84 Å². The Balaban J connectivity index is 2.30. The normalized spacial score (nSPS) is 10.2. The molecule has 0 fully saturated rings. The predicted molar refractivity (Wildman–Crippen MR) is 76.7 cm³/mol. The van der Waals surface area contributed by atoms with Crippen molar-refractivity contribution in [3.63, 3.8) is 0 Å². The number of hydrogen-bond acceptors (Lipinski definition) is 5. The molecule has 0 atom stereocenters. The summed E-state index contributed by atoms with van der Waals surface area (Å²) >= 11 is 3.51. The summed E-state index contributed by atoms with van der Waals surface area (Å²) in [5.74, 6) is 6.40. The van der Waals surface area contributed by atoms with Gasteiger partial charge in [0.05, 0.1) is 5.69 Å². The number of nitrogens with zero attached hydrogens (tertiary/aromatic N) is 2. The third kappa shape index (κ3) is 2.96. The van der Waals surface area contributed by atoms with Gasteiger partial charge in [-0.05, 0) is 47.5 Å². The lowest BCUT2D eigenvalue weighted by molar-refractivity contribution is 1.07. The van der Waals surface area contributed by atoms with Crippen LogP contribution < -0.4 is 16.6 Å². The van der Waals surface area contributed by atoms with E-state index in [-0.39, 0.29) is 0 Å². The number of hydrazine groups is 1. The highest BCUT2D eigenvalue weighted by atomic mass is 79.9. The van der Waals surface area contributed by atoms with Gasteiger partial charge in [0, 0.05) is 16.2 Å². The van der Waals surface area contributed by atoms with Crippen LogP contribution in [0.2, 0.25) is 0 Å². The molecule has 0 aliphatic heterocycles. The van der Waals surface area contributed by atoms with Gasteiger partial charge >= 0.3 is 0 Å². The summed E-state index contributed by atoms with van der Waals surface area (Å²) in [4.78, 5) is 8.36. The van der Waals surface area contributed by atoms with Crippen LogP contribution in [0.1, 0.15) is 11.3 Å². The van der Waals surface area contributed by atoms with E-state index in [0.717, 1.165) is 15.9 Å². The second-order valence-electron chi connectivity index (χ2n) is 3.97. The molecule has 0 aliphatic rings. The molecule has 0 aliphatic carbocycles. The van der Waals surface area contributed by atoms with Crippen LogP contribution in [0.25, 0.3) is 0 Å². The standard InChI is InChI=1S/C12H14BrN5/c1-7-3-4-10(9(13)5-7)16-11-6-8(2)15-12(17-11)18-14/h3-6H,14H2,1-2H3,(H2,15,16,17,18). The van der Waals surface area contributed by atoms with Crippen molar-refractivity contribution in [1.29, 1.82) is 0 Å². The van der Waals surface area contributed by atoms with Crippen LogP contribution in [0.15, 0.2) is 28.7 Å². The second kappa shape index (κ2) is 5.32. The van der Waals surface area contributed by atoms with E-state index in [9.17, 15) is 0 Å². The molecule has 0 amide bonds. The first kappa shape index (κ1) is 12.8. The van der Waals surface area contributed by atoms with E-state index in [0.29, 0.717) is 11.8 Å². The van der Waals surface area contributed by atoms with Gasteiger partial charge in [-0.15, -0.1) is 0 Å². The Kier molecular flexibility index (Phi) is 3.78. The van der Waals surface area contributed by atoms with Crippen LogP contribution in [-0.2, 0) is 0 Å². The predicted octanol–water partition coefficient (Wildman–Crippen LogP) is 2.89. The van der Waals surface area contributed by atoms with E-state index in [1.54, 1.807) is 0 Å². The topological polar surface area (TPSA) is 75.9 Å². The SMILES string of the molecule is Cc1ccc(Nc2cc(C)nc(NN)n2)c(Br)c1. The van der Waals surface area contributed by atoms with Gasteiger partial charge in [0.2, 0.25) is 5.95 Å². The molecule has 0 saturated heterocycles. The Bertz CT molecular complexity index is 570. The number of nitrogen functional groups attached to an aromatic ring is 1. The number of nitrogens with one attached hydrogen (secondary N) is 2. The molecular formula is C12H14BrN5. The number of rotatable bonds is 3. The maximum atomic E-state index is 5.32. The molecule has 0 radical (unpaired) electrons. The molecule has 0 saturated carbocycles. The summed E-state index contributed by atoms with van der Waals surface area (Å²) in [5.41, 5.74) is 5.42. The van der Waals surface area contributed by atoms with Gasteiger partial charge in [-0.3, -0.25) is 5.43 Å². The number of halogens is 1. The Morgan fingerprint density at radius 3 is 2.61 bits per heavy atom. The minimum Gasteiger partial charge on any atom is -0.339 e. The molecule has 5 nitrogen and oxygen atoms in total. The Labute approximate surface area is 114 Å². The monoisotopic (exact) mass is 307 g/mol. The molecule has 0 unspecified atom stereocenters. The Morgan fingerprint density at radius 2 is 1.94 bits per heavy atom. The van der Waals surface area contributed by atoms with Crippen molar-refractivity contribution in [2.75, 3.05) is 10.7 Å². The average molecular weight is 308 g/mol. The molecular weight excluding hydrogens is 294 g/mol. The van der Waals surface area contributed by atoms with Crippen molar-refractivity contribution in [3.8, 4) is 0 Å². The first-order chi connectivity index (χ1) is 8.58. The summed E-state index contributed by atoms with van der Waals surface area (Å²) < 4.78 is 0.987. The zero-order valence-corrected chi connectivity index (χ0v) is 11.7. The van der Waals surface area contributed by atoms with Gasteiger partial charge in [0.25, 0.3) is 0 Å². The molecule has 4 N–H and O–H groups in total. The van der Waals surface area contributed by atoms with Crippen molar-refractivity contribution >= 4 is 33.4 Å². The smallest absolute Gasteiger partial charge is 0.239 e. The Morgan fingerprint density at radius 1 is 1.17 bits per heavy atom. The van der Waals surface area contributed by atoms with Crippen LogP contribution >= 0.6 is 15.9 Å². The molecule has 1 aromatic heterocycles. The van der Waals surface area contributed by atoms with E-state index in [1.807, 2.05) is 38.1 Å². The van der Waals surface area contributed by atoms with Crippen LogP contribution in [0, 0.1) is 13.8 Å². The van der Waals surface area contributed by atoms with E-state index >= 15 is 0 Å². The molecule has 94 valence electrons. The maximum Gasteiger partial charge on any atom is 0.239 e. The lowest BCUT2D eigenvalue weighted by Crippen LogP contribution is -2.11. The first-order valence-electron chi connectivity index (χ1n) is 5.44. The third-order valence-electron chi connectivity index (χ3n) is 2.37. The number of aryl methyl sites for hydroxylation is 2. The molecule has 18 heavy (non-hydrogen) atoms. The van der Waals surface area contributed by atoms with Crippen LogP contribution in [0.3, 0.4) is 0 Å². The quantitative estimate of drug-likeness (QED) is 0.600. The number of aromatic nitrogens is 2. The van der Waals surface area contributed by atoms with Crippen molar-refractivity contribution in [1.82, 2.24) is 9.97 Å². The molecule has 0 spiro atoms. The van der Waals surface area contributed by atoms with Crippen molar-refractivity contribution in [2.45, 2.75) is 13.8 Å². The minimum atomic E-state index is 0.390. The lowest BCUT2D eigenvalue weighted by Gasteiger charge is -2.10. The fourth-order valence-corrected chi connectivity index (χ4v) is 2.15. The number of anilines is 3. The maximum absolute atomic E-state index is 5.32. The zero-order chi connectivity index (χ0) is 13.1. The average Bonchev–Trinajstić information content (AvgIpc) is 2.32. The van der Waals surface area contributed by atoms with Gasteiger partial charge < -0.3 is 5.32 Å². The van der Waals surface area contributed by atoms with E-state index < -0.39 is 0 Å². The molecule has 6 heteroatoms. The van der Waals surface area contributed by atoms with Gasteiger partial charge in [-0.2, -0.15) is 4.98 Å². The largest absolute Gasteiger partial charge is 0.339 e. The highest BCUT2D eigenvalue weighted by molar-refractivity contribution is 9.10. The molecule has 1 aromatic carbocycles. The van der Waals surface area contributed by atoms with Gasteiger partial charge in [0.15, 0.2) is 0 Å². The Hall–Kier alpha value is -1.66. The van der Waals surface area contributed by atoms with E-state index in [4.69, 9.17) is 5.84 Å². The summed E-state index contributed by atoms with van der Waals surface area (Å²) in [7, 11) is 0. The number of hydrogen-bond donors (Lipinski definition) is 3. The van der Waals surface area contributed by atoms with E-state index in [1.165, 1.54) is 5.56 Å². The first-order valence-corrected chi connectivity index (χ1v) is 6.23. The molecule has 0 bridgehead atoms. The molecule has 1 heterocycles. The summed E-state index contributed by atoms with van der Waals surface area (Å²) in [5, 5.41) is 3.22. The number of nitrogens with two attached hydrogens (primary N) is 1. The summed E-state index contributed by atoms with van der Waals surface area (Å²) in [6.45, 7) is 3.93. The summed E-state index contributed by atoms with van der Waals surface area (Å²) in [6, 6.07) is 7.92. The molecule has 2 rings (SSSR count). The highest BCUT2D eigenvalue weighted by Gasteiger charge is 2.04. The highest BCUT2D eigenvalue weighted by Crippen LogP contribution is 2.26. The van der Waals surface area contributed by atoms with Crippen molar-refractivity contribution in [3.05, 3.63) is 40.0 Å². The summed E-state index contributed by atoms with van der Waals surface area (Å²) in [6.07, 6.45) is 0. The second-order valence-corrected chi connectivity index (χ2v) is 4.83. The van der Waals surface area contributed by atoms with Gasteiger partial charge in [0.1, 0.15) is 5.82 Å². The van der Waals surface area contributed by atoms with Crippen LogP contribution in [-0.4, -0.2) is 9.97 Å². The van der Waals surface area contributed by atoms with Gasteiger partial charge in [-0.25, -0.2) is 10.8 Å². The van der Waals surface area contributed by atoms with Gasteiger partial charge in [-0.1, -0.05) is 6.07 Å². The third-order valence-corrected chi connectivity index (χ3v) is 3.03. The number of benzene rings is 1. The van der Waals surface area contributed by atoms with Crippen LogP contribution in [0.4, 0.5) is 17.5 Å². The van der Waals surface area contributed by atoms with E-state index in [2.05, 4.69) is 36.6 Å². The van der Waals surface area contributed by atoms with Crippen molar-refractivity contribution < 1.29 is 0 Å².